The van der Waals surface area contributed by atoms with Crippen LogP contribution in [-0.4, -0.2) is 17.5 Å². The van der Waals surface area contributed by atoms with E-state index in [4.69, 9.17) is 26.3 Å². The minimum Gasteiger partial charge on any atom is -0.490 e. The largest absolute Gasteiger partial charge is 0.490 e. The Morgan fingerprint density at radius 3 is 2.64 bits per heavy atom. The molecule has 0 unspecified atom stereocenters. The first kappa shape index (κ1) is 18.2. The molecule has 0 N–H and O–H groups in total. The molecular weight excluding hydrogens is 348 g/mol. The van der Waals surface area contributed by atoms with E-state index >= 15 is 0 Å². The minimum absolute atomic E-state index is 0.0106. The first-order chi connectivity index (χ1) is 11.9. The average molecular weight is 361 g/mol. The summed E-state index contributed by atoms with van der Waals surface area (Å²) in [6, 6.07) is 8.59. The SMILES string of the molecule is CCOc1cc(C#N)cc(Cl)c1OC(=O)c1ccc([N+](=O)[O-])c(C)c1. The van der Waals surface area contributed by atoms with Crippen LogP contribution in [0.2, 0.25) is 5.02 Å². The van der Waals surface area contributed by atoms with Gasteiger partial charge in [-0.2, -0.15) is 5.26 Å². The number of benzene rings is 2. The van der Waals surface area contributed by atoms with Crippen molar-refractivity contribution >= 4 is 23.3 Å². The minimum atomic E-state index is -0.745. The Balaban J connectivity index is 2.36. The van der Waals surface area contributed by atoms with Crippen LogP contribution in [0.15, 0.2) is 30.3 Å². The third kappa shape index (κ3) is 4.05. The molecule has 0 aromatic heterocycles. The number of nitro benzene ring substituents is 1. The van der Waals surface area contributed by atoms with Gasteiger partial charge in [0, 0.05) is 17.7 Å². The summed E-state index contributed by atoms with van der Waals surface area (Å²) < 4.78 is 10.7. The number of rotatable bonds is 5. The van der Waals surface area contributed by atoms with E-state index in [0.29, 0.717) is 5.56 Å². The molecule has 8 heteroatoms. The van der Waals surface area contributed by atoms with Crippen molar-refractivity contribution in [2.24, 2.45) is 0 Å². The lowest BCUT2D eigenvalue weighted by atomic mass is 10.1. The van der Waals surface area contributed by atoms with Gasteiger partial charge in [-0.1, -0.05) is 11.6 Å². The number of nitrogens with zero attached hydrogens (tertiary/aromatic N) is 2. The molecule has 0 fully saturated rings. The number of carbonyl (C=O) groups is 1. The van der Waals surface area contributed by atoms with Crippen molar-refractivity contribution < 1.29 is 19.2 Å². The molecule has 128 valence electrons. The van der Waals surface area contributed by atoms with E-state index in [2.05, 4.69) is 0 Å². The van der Waals surface area contributed by atoms with Gasteiger partial charge in [0.1, 0.15) is 0 Å². The Bertz CT molecular complexity index is 889. The van der Waals surface area contributed by atoms with Gasteiger partial charge >= 0.3 is 5.97 Å². The van der Waals surface area contributed by atoms with Crippen molar-refractivity contribution in [3.8, 4) is 17.6 Å². The summed E-state index contributed by atoms with van der Waals surface area (Å²) in [6.07, 6.45) is 0. The molecule has 2 rings (SSSR count). The normalized spacial score (nSPS) is 10.0. The number of aryl methyl sites for hydroxylation is 1. The first-order valence-electron chi connectivity index (χ1n) is 7.21. The number of hydrogen-bond acceptors (Lipinski definition) is 6. The number of nitriles is 1. The fourth-order valence-electron chi connectivity index (χ4n) is 2.13. The number of esters is 1. The second kappa shape index (κ2) is 7.64. The van der Waals surface area contributed by atoms with Gasteiger partial charge in [0.2, 0.25) is 0 Å². The van der Waals surface area contributed by atoms with Crippen molar-refractivity contribution in [2.45, 2.75) is 13.8 Å². The van der Waals surface area contributed by atoms with Crippen LogP contribution < -0.4 is 9.47 Å². The van der Waals surface area contributed by atoms with Crippen molar-refractivity contribution in [2.75, 3.05) is 6.61 Å². The molecule has 0 heterocycles. The molecular formula is C17H13ClN2O5. The van der Waals surface area contributed by atoms with Gasteiger partial charge in [0.05, 0.1) is 33.7 Å². The van der Waals surface area contributed by atoms with E-state index in [-0.39, 0.29) is 39.9 Å². The summed E-state index contributed by atoms with van der Waals surface area (Å²) in [4.78, 5) is 22.7. The molecule has 25 heavy (non-hydrogen) atoms. The van der Waals surface area contributed by atoms with Crippen LogP contribution in [0.5, 0.6) is 11.5 Å². The van der Waals surface area contributed by atoms with Crippen molar-refractivity contribution in [3.05, 3.63) is 62.2 Å². The Kier molecular flexibility index (Phi) is 5.57. The van der Waals surface area contributed by atoms with E-state index < -0.39 is 10.9 Å². The lowest BCUT2D eigenvalue weighted by Crippen LogP contribution is -2.11. The molecule has 0 saturated carbocycles. The maximum atomic E-state index is 12.3. The Morgan fingerprint density at radius 2 is 2.08 bits per heavy atom. The monoisotopic (exact) mass is 360 g/mol. The Morgan fingerprint density at radius 1 is 1.36 bits per heavy atom. The second-order valence-corrected chi connectivity index (χ2v) is 5.39. The lowest BCUT2D eigenvalue weighted by molar-refractivity contribution is -0.385. The predicted octanol–water partition coefficient (Wildman–Crippen LogP) is 4.05. The summed E-state index contributed by atoms with van der Waals surface area (Å²) in [5.41, 5.74) is 0.628. The number of halogens is 1. The van der Waals surface area contributed by atoms with Crippen LogP contribution in [0.1, 0.15) is 28.4 Å². The predicted molar refractivity (Wildman–Crippen MR) is 90.1 cm³/mol. The maximum absolute atomic E-state index is 12.3. The van der Waals surface area contributed by atoms with Gasteiger partial charge in [0.25, 0.3) is 5.69 Å². The third-order valence-corrected chi connectivity index (χ3v) is 3.54. The summed E-state index contributed by atoms with van der Waals surface area (Å²) in [7, 11) is 0. The summed E-state index contributed by atoms with van der Waals surface area (Å²) in [5, 5.41) is 19.9. The maximum Gasteiger partial charge on any atom is 0.343 e. The highest BCUT2D eigenvalue weighted by Crippen LogP contribution is 2.37. The second-order valence-electron chi connectivity index (χ2n) is 4.98. The van der Waals surface area contributed by atoms with Crippen LogP contribution in [0.25, 0.3) is 0 Å². The number of ether oxygens (including phenoxy) is 2. The van der Waals surface area contributed by atoms with E-state index in [0.717, 1.165) is 0 Å². The topological polar surface area (TPSA) is 102 Å². The third-order valence-electron chi connectivity index (χ3n) is 3.26. The van der Waals surface area contributed by atoms with Crippen LogP contribution in [0.4, 0.5) is 5.69 Å². The van der Waals surface area contributed by atoms with E-state index in [1.54, 1.807) is 6.92 Å². The van der Waals surface area contributed by atoms with Crippen LogP contribution in [0.3, 0.4) is 0 Å². The molecule has 0 aliphatic carbocycles. The molecule has 0 atom stereocenters. The van der Waals surface area contributed by atoms with Gasteiger partial charge in [-0.15, -0.1) is 0 Å². The quantitative estimate of drug-likeness (QED) is 0.345. The van der Waals surface area contributed by atoms with Crippen LogP contribution >= 0.6 is 11.6 Å². The first-order valence-corrected chi connectivity index (χ1v) is 7.58. The summed E-state index contributed by atoms with van der Waals surface area (Å²) >= 11 is 6.08. The molecule has 0 spiro atoms. The van der Waals surface area contributed by atoms with Crippen molar-refractivity contribution in [1.29, 1.82) is 5.26 Å². The molecule has 2 aromatic carbocycles. The molecule has 0 aliphatic heterocycles. The fourth-order valence-corrected chi connectivity index (χ4v) is 2.38. The summed E-state index contributed by atoms with van der Waals surface area (Å²) in [6.45, 7) is 3.54. The van der Waals surface area contributed by atoms with Gasteiger partial charge in [-0.3, -0.25) is 10.1 Å². The van der Waals surface area contributed by atoms with Gasteiger partial charge in [0.15, 0.2) is 11.5 Å². The molecule has 0 saturated heterocycles. The van der Waals surface area contributed by atoms with E-state index in [9.17, 15) is 14.9 Å². The Hall–Kier alpha value is -3.11. The van der Waals surface area contributed by atoms with Crippen LogP contribution in [-0.2, 0) is 0 Å². The number of nitro groups is 1. The Labute approximate surface area is 148 Å². The highest BCUT2D eigenvalue weighted by atomic mass is 35.5. The van der Waals surface area contributed by atoms with Crippen molar-refractivity contribution in [1.82, 2.24) is 0 Å². The highest BCUT2D eigenvalue weighted by molar-refractivity contribution is 6.32. The smallest absolute Gasteiger partial charge is 0.343 e. The molecule has 0 amide bonds. The van der Waals surface area contributed by atoms with E-state index in [1.165, 1.54) is 37.3 Å². The lowest BCUT2D eigenvalue weighted by Gasteiger charge is -2.13. The number of carbonyl (C=O) groups excluding carboxylic acids is 1. The standard InChI is InChI=1S/C17H13ClN2O5/c1-3-24-15-8-11(9-19)7-13(18)16(15)25-17(21)12-4-5-14(20(22)23)10(2)6-12/h4-8H,3H2,1-2H3. The average Bonchev–Trinajstić information content (AvgIpc) is 2.57. The highest BCUT2D eigenvalue weighted by Gasteiger charge is 2.19. The molecule has 0 bridgehead atoms. The molecule has 7 nitrogen and oxygen atoms in total. The van der Waals surface area contributed by atoms with Gasteiger partial charge in [-0.25, -0.2) is 4.79 Å². The molecule has 0 aliphatic rings. The zero-order chi connectivity index (χ0) is 18.6. The van der Waals surface area contributed by atoms with Crippen molar-refractivity contribution in [3.63, 3.8) is 0 Å². The fraction of sp³-hybridized carbons (Fsp3) is 0.176. The zero-order valence-electron chi connectivity index (χ0n) is 13.4. The van der Waals surface area contributed by atoms with Crippen LogP contribution in [0, 0.1) is 28.4 Å². The van der Waals surface area contributed by atoms with E-state index in [1.807, 2.05) is 6.07 Å². The van der Waals surface area contributed by atoms with Gasteiger partial charge in [-0.05, 0) is 32.0 Å². The zero-order valence-corrected chi connectivity index (χ0v) is 14.2. The molecule has 0 radical (unpaired) electrons. The molecule has 2 aromatic rings. The number of hydrogen-bond donors (Lipinski definition) is 0. The van der Waals surface area contributed by atoms with Gasteiger partial charge < -0.3 is 9.47 Å². The summed E-state index contributed by atoms with van der Waals surface area (Å²) in [5.74, 6) is -0.590.